The maximum absolute atomic E-state index is 14.3. The van der Waals surface area contributed by atoms with E-state index in [2.05, 4.69) is 0 Å². The van der Waals surface area contributed by atoms with Crippen LogP contribution in [0.15, 0.2) is 69.9 Å². The summed E-state index contributed by atoms with van der Waals surface area (Å²) >= 11 is 5.86. The lowest BCUT2D eigenvalue weighted by Crippen LogP contribution is -2.36. The molecule has 41 heavy (non-hydrogen) atoms. The highest BCUT2D eigenvalue weighted by molar-refractivity contribution is 6.30. The van der Waals surface area contributed by atoms with E-state index in [-0.39, 0.29) is 40.1 Å². The third-order valence-corrected chi connectivity index (χ3v) is 6.64. The largest absolute Gasteiger partial charge is 0.497 e. The Morgan fingerprint density at radius 3 is 2.27 bits per heavy atom. The molecule has 1 aliphatic rings. The van der Waals surface area contributed by atoms with E-state index in [1.165, 1.54) is 55.6 Å². The molecule has 0 aliphatic carbocycles. The van der Waals surface area contributed by atoms with Gasteiger partial charge >= 0.3 is 12.1 Å². The van der Waals surface area contributed by atoms with Crippen molar-refractivity contribution in [1.29, 1.82) is 0 Å². The Morgan fingerprint density at radius 1 is 0.976 bits per heavy atom. The molecule has 1 aromatic heterocycles. The smallest absolute Gasteiger partial charge is 0.453 e. The molecule has 12 heteroatoms. The lowest BCUT2D eigenvalue weighted by molar-refractivity contribution is -0.154. The number of nitrogens with zero attached hydrogens (tertiary/aromatic N) is 1. The van der Waals surface area contributed by atoms with Crippen LogP contribution in [0.3, 0.4) is 0 Å². The molecule has 4 aromatic rings. The van der Waals surface area contributed by atoms with Gasteiger partial charge in [0.05, 0.1) is 36.8 Å². The molecule has 5 rings (SSSR count). The molecule has 2 heterocycles. The van der Waals surface area contributed by atoms with E-state index >= 15 is 0 Å². The Hall–Kier alpha value is -4.06. The first-order chi connectivity index (χ1) is 19.6. The molecule has 214 valence electrons. The minimum absolute atomic E-state index is 0.0313. The first kappa shape index (κ1) is 28.5. The van der Waals surface area contributed by atoms with Crippen LogP contribution in [0.1, 0.15) is 21.7 Å². The van der Waals surface area contributed by atoms with Crippen LogP contribution in [0.4, 0.5) is 13.2 Å². The lowest BCUT2D eigenvalue weighted by Gasteiger charge is -2.27. The van der Waals surface area contributed by atoms with E-state index in [0.717, 1.165) is 0 Å². The molecule has 0 spiro atoms. The molecule has 8 nitrogen and oxygen atoms in total. The van der Waals surface area contributed by atoms with E-state index in [0.29, 0.717) is 37.1 Å². The van der Waals surface area contributed by atoms with Crippen LogP contribution in [0.25, 0.3) is 11.0 Å². The monoisotopic (exact) mass is 589 g/mol. The maximum atomic E-state index is 14.3. The Labute approximate surface area is 236 Å². The fourth-order valence-corrected chi connectivity index (χ4v) is 4.42. The number of ether oxygens (including phenoxy) is 4. The van der Waals surface area contributed by atoms with Crippen molar-refractivity contribution >= 4 is 28.5 Å². The highest BCUT2D eigenvalue weighted by Crippen LogP contribution is 2.40. The number of halogens is 4. The van der Waals surface area contributed by atoms with E-state index in [9.17, 15) is 22.8 Å². The van der Waals surface area contributed by atoms with Crippen LogP contribution in [-0.2, 0) is 17.5 Å². The number of carbonyl (C=O) groups excluding carboxylic acids is 1. The third kappa shape index (κ3) is 6.32. The number of alkyl halides is 3. The van der Waals surface area contributed by atoms with Gasteiger partial charge in [0, 0.05) is 24.7 Å². The van der Waals surface area contributed by atoms with Crippen molar-refractivity contribution in [2.45, 2.75) is 12.7 Å². The lowest BCUT2D eigenvalue weighted by atomic mass is 10.1. The van der Waals surface area contributed by atoms with Crippen LogP contribution in [-0.4, -0.2) is 44.3 Å². The second-order valence-corrected chi connectivity index (χ2v) is 9.51. The topological polar surface area (TPSA) is 87.4 Å². The summed E-state index contributed by atoms with van der Waals surface area (Å²) in [6.07, 6.45) is -5.08. The van der Waals surface area contributed by atoms with Crippen molar-refractivity contribution in [2.75, 3.05) is 33.4 Å². The van der Waals surface area contributed by atoms with Crippen molar-refractivity contribution in [1.82, 2.24) is 4.90 Å². The molecule has 0 bridgehead atoms. The average molecular weight is 590 g/mol. The molecule has 0 atom stereocenters. The van der Waals surface area contributed by atoms with E-state index < -0.39 is 29.1 Å². The number of carbonyl (C=O) groups is 1. The summed E-state index contributed by atoms with van der Waals surface area (Å²) in [6, 6.07) is 14.2. The van der Waals surface area contributed by atoms with Gasteiger partial charge in [0.1, 0.15) is 22.8 Å². The van der Waals surface area contributed by atoms with Gasteiger partial charge in [0.25, 0.3) is 5.76 Å². The van der Waals surface area contributed by atoms with Crippen molar-refractivity contribution < 1.29 is 41.3 Å². The zero-order chi connectivity index (χ0) is 29.1. The second kappa shape index (κ2) is 11.8. The number of hydrogen-bond donors (Lipinski definition) is 0. The molecule has 0 N–H and O–H groups in total. The van der Waals surface area contributed by atoms with Crippen molar-refractivity contribution in [3.63, 3.8) is 0 Å². The van der Waals surface area contributed by atoms with Crippen LogP contribution >= 0.6 is 11.6 Å². The van der Waals surface area contributed by atoms with Crippen LogP contribution < -0.4 is 19.6 Å². The first-order valence-corrected chi connectivity index (χ1v) is 12.8. The predicted molar refractivity (Wildman–Crippen MR) is 143 cm³/mol. The van der Waals surface area contributed by atoms with Gasteiger partial charge < -0.3 is 23.4 Å². The SMILES string of the molecule is COc1ccc(C(=O)Oc2ccc3c(=O)c(Oc4ccc(Cl)cc4)c(C(F)(F)F)oc3c2CN2CCOCC2)cc1. The molecule has 0 unspecified atom stereocenters. The zero-order valence-electron chi connectivity index (χ0n) is 21.6. The molecule has 1 aliphatic heterocycles. The van der Waals surface area contributed by atoms with E-state index in [4.69, 9.17) is 35.0 Å². The number of benzene rings is 3. The number of esters is 1. The standard InChI is InChI=1S/C29H23ClF3NO7/c1-37-19-6-2-17(3-7-19)28(36)40-23-11-10-21-24(35)26(39-20-8-4-18(30)5-9-20)27(29(31,32)33)41-25(21)22(23)16-34-12-14-38-15-13-34/h2-11H,12-16H2,1H3. The Morgan fingerprint density at radius 2 is 1.63 bits per heavy atom. The Bertz CT molecular complexity index is 1610. The summed E-state index contributed by atoms with van der Waals surface area (Å²) in [5.74, 6) is -2.95. The first-order valence-electron chi connectivity index (χ1n) is 12.4. The van der Waals surface area contributed by atoms with Gasteiger partial charge in [-0.25, -0.2) is 4.79 Å². The summed E-state index contributed by atoms with van der Waals surface area (Å²) < 4.78 is 69.7. The normalized spacial score (nSPS) is 14.2. The summed E-state index contributed by atoms with van der Waals surface area (Å²) in [6.45, 7) is 1.78. The third-order valence-electron chi connectivity index (χ3n) is 6.38. The van der Waals surface area contributed by atoms with Crippen molar-refractivity contribution in [2.24, 2.45) is 0 Å². The number of hydrogen-bond acceptors (Lipinski definition) is 8. The maximum Gasteiger partial charge on any atom is 0.453 e. The molecule has 0 amide bonds. The highest BCUT2D eigenvalue weighted by atomic mass is 35.5. The molecule has 0 radical (unpaired) electrons. The number of rotatable bonds is 7. The van der Waals surface area contributed by atoms with Gasteiger partial charge in [-0.2, -0.15) is 13.2 Å². The quantitative estimate of drug-likeness (QED) is 0.183. The molecular weight excluding hydrogens is 567 g/mol. The number of fused-ring (bicyclic) bond motifs is 1. The van der Waals surface area contributed by atoms with Crippen molar-refractivity contribution in [3.8, 4) is 23.0 Å². The summed E-state index contributed by atoms with van der Waals surface area (Å²) in [5, 5.41) is 0.165. The van der Waals surface area contributed by atoms with Crippen LogP contribution in [0.5, 0.6) is 23.0 Å². The predicted octanol–water partition coefficient (Wildman–Crippen LogP) is 6.32. The molecule has 1 fully saturated rings. The number of morpholine rings is 1. The van der Waals surface area contributed by atoms with Crippen molar-refractivity contribution in [3.05, 3.63) is 92.8 Å². The Balaban J connectivity index is 1.63. The minimum Gasteiger partial charge on any atom is -0.497 e. The highest BCUT2D eigenvalue weighted by Gasteiger charge is 2.41. The fraction of sp³-hybridized carbons (Fsp3) is 0.241. The van der Waals surface area contributed by atoms with Gasteiger partial charge in [0.15, 0.2) is 0 Å². The number of methoxy groups -OCH3 is 1. The van der Waals surface area contributed by atoms with Gasteiger partial charge in [-0.3, -0.25) is 9.69 Å². The summed E-state index contributed by atoms with van der Waals surface area (Å²) in [4.78, 5) is 28.3. The average Bonchev–Trinajstić information content (AvgIpc) is 2.96. The van der Waals surface area contributed by atoms with Gasteiger partial charge in [-0.1, -0.05) is 11.6 Å². The molecule has 3 aromatic carbocycles. The van der Waals surface area contributed by atoms with Crippen LogP contribution in [0.2, 0.25) is 5.02 Å². The summed E-state index contributed by atoms with van der Waals surface area (Å²) in [7, 11) is 1.48. The zero-order valence-corrected chi connectivity index (χ0v) is 22.4. The van der Waals surface area contributed by atoms with E-state index in [1.807, 2.05) is 4.90 Å². The second-order valence-electron chi connectivity index (χ2n) is 9.07. The summed E-state index contributed by atoms with van der Waals surface area (Å²) in [5.41, 5.74) is -1.11. The van der Waals surface area contributed by atoms with E-state index in [1.54, 1.807) is 12.1 Å². The van der Waals surface area contributed by atoms with Gasteiger partial charge in [-0.05, 0) is 60.7 Å². The molecular formula is C29H23ClF3NO7. The fourth-order valence-electron chi connectivity index (χ4n) is 4.29. The minimum atomic E-state index is -5.08. The van der Waals surface area contributed by atoms with Gasteiger partial charge in [-0.15, -0.1) is 0 Å². The Kier molecular flexibility index (Phi) is 8.20. The van der Waals surface area contributed by atoms with Crippen LogP contribution in [0, 0.1) is 0 Å². The van der Waals surface area contributed by atoms with Gasteiger partial charge in [0.2, 0.25) is 11.2 Å². The molecule has 0 saturated carbocycles. The molecule has 1 saturated heterocycles.